The summed E-state index contributed by atoms with van der Waals surface area (Å²) in [7, 11) is 2.01. The molecule has 0 aliphatic carbocycles. The summed E-state index contributed by atoms with van der Waals surface area (Å²) in [5.74, 6) is 1.38. The second kappa shape index (κ2) is 8.15. The third-order valence-corrected chi connectivity index (χ3v) is 5.31. The minimum absolute atomic E-state index is 0.0476. The zero-order chi connectivity index (χ0) is 21.2. The first-order valence-corrected chi connectivity index (χ1v) is 9.98. The molecule has 3 heterocycles. The number of hydrogen-bond acceptors (Lipinski definition) is 8. The molecule has 0 unspecified atom stereocenters. The van der Waals surface area contributed by atoms with Gasteiger partial charge in [-0.1, -0.05) is 23.4 Å². The Kier molecular flexibility index (Phi) is 5.04. The van der Waals surface area contributed by atoms with Gasteiger partial charge < -0.3 is 19.1 Å². The summed E-state index contributed by atoms with van der Waals surface area (Å²) in [6.45, 7) is 1.87. The molecule has 5 rings (SSSR count). The normalized spacial score (nSPS) is 17.2. The first kappa shape index (κ1) is 19.2. The van der Waals surface area contributed by atoms with Crippen molar-refractivity contribution in [2.45, 2.75) is 6.04 Å². The first-order valence-electron chi connectivity index (χ1n) is 9.98. The molecule has 1 amide bonds. The molecule has 0 spiro atoms. The van der Waals surface area contributed by atoms with E-state index < -0.39 is 0 Å². The molecule has 0 radical (unpaired) electrons. The van der Waals surface area contributed by atoms with Crippen molar-refractivity contribution < 1.29 is 14.1 Å². The number of fused-ring (bicyclic) bond motifs is 1. The summed E-state index contributed by atoms with van der Waals surface area (Å²) >= 11 is 0. The average Bonchev–Trinajstić information content (AvgIpc) is 3.47. The number of carbonyl (C=O) groups is 1. The van der Waals surface area contributed by atoms with E-state index in [-0.39, 0.29) is 18.6 Å². The second-order valence-corrected chi connectivity index (χ2v) is 7.45. The maximum Gasteiger partial charge on any atom is 0.261 e. The number of aromatic nitrogens is 5. The van der Waals surface area contributed by atoms with Gasteiger partial charge in [-0.05, 0) is 37.4 Å². The minimum Gasteiger partial charge on any atom is -0.484 e. The SMILES string of the molecule is CN1CCN(C(=O)COc2ccccc2)[C@@H](c2nc(-c3ccc4n[nH]nc4c3)no2)C1. The molecule has 0 saturated carbocycles. The molecule has 158 valence electrons. The molecule has 1 N–H and O–H groups in total. The van der Waals surface area contributed by atoms with Gasteiger partial charge in [-0.25, -0.2) is 0 Å². The van der Waals surface area contributed by atoms with Crippen LogP contribution in [0.5, 0.6) is 5.75 Å². The maximum absolute atomic E-state index is 12.9. The number of nitrogens with zero attached hydrogens (tertiary/aromatic N) is 6. The lowest BCUT2D eigenvalue weighted by atomic mass is 10.1. The van der Waals surface area contributed by atoms with Crippen molar-refractivity contribution in [1.29, 1.82) is 0 Å². The number of aromatic amines is 1. The molecule has 1 aliphatic heterocycles. The van der Waals surface area contributed by atoms with Crippen molar-refractivity contribution >= 4 is 16.9 Å². The van der Waals surface area contributed by atoms with Crippen LogP contribution in [0.15, 0.2) is 53.1 Å². The number of amides is 1. The molecule has 1 atom stereocenters. The quantitative estimate of drug-likeness (QED) is 0.522. The van der Waals surface area contributed by atoms with E-state index in [4.69, 9.17) is 9.26 Å². The van der Waals surface area contributed by atoms with E-state index >= 15 is 0 Å². The third kappa shape index (κ3) is 3.97. The molecule has 2 aromatic heterocycles. The van der Waals surface area contributed by atoms with E-state index in [1.165, 1.54) is 0 Å². The maximum atomic E-state index is 12.9. The number of ether oxygens (including phenoxy) is 1. The van der Waals surface area contributed by atoms with E-state index in [1.807, 2.05) is 55.6 Å². The molecule has 31 heavy (non-hydrogen) atoms. The fourth-order valence-electron chi connectivity index (χ4n) is 3.64. The monoisotopic (exact) mass is 419 g/mol. The van der Waals surface area contributed by atoms with Crippen molar-refractivity contribution in [2.75, 3.05) is 33.3 Å². The average molecular weight is 419 g/mol. The number of H-pyrrole nitrogens is 1. The van der Waals surface area contributed by atoms with Gasteiger partial charge in [-0.15, -0.1) is 0 Å². The van der Waals surface area contributed by atoms with E-state index in [9.17, 15) is 4.79 Å². The smallest absolute Gasteiger partial charge is 0.261 e. The van der Waals surface area contributed by atoms with E-state index in [2.05, 4.69) is 30.5 Å². The van der Waals surface area contributed by atoms with Gasteiger partial charge in [0.25, 0.3) is 11.8 Å². The summed E-state index contributed by atoms with van der Waals surface area (Å²) in [6, 6.07) is 14.5. The van der Waals surface area contributed by atoms with Gasteiger partial charge in [0.2, 0.25) is 5.82 Å². The Balaban J connectivity index is 1.35. The molecular formula is C21H21N7O3. The predicted molar refractivity (Wildman–Crippen MR) is 111 cm³/mol. The number of benzene rings is 2. The van der Waals surface area contributed by atoms with Gasteiger partial charge >= 0.3 is 0 Å². The lowest BCUT2D eigenvalue weighted by molar-refractivity contribution is -0.139. The number of carbonyl (C=O) groups excluding carboxylic acids is 1. The van der Waals surface area contributed by atoms with Crippen LogP contribution in [0.4, 0.5) is 0 Å². The number of nitrogens with one attached hydrogen (secondary N) is 1. The zero-order valence-corrected chi connectivity index (χ0v) is 16.9. The number of rotatable bonds is 5. The number of para-hydroxylation sites is 1. The van der Waals surface area contributed by atoms with Crippen LogP contribution in [0.2, 0.25) is 0 Å². The summed E-state index contributed by atoms with van der Waals surface area (Å²) in [5, 5.41) is 14.9. The van der Waals surface area contributed by atoms with Crippen LogP contribution in [0.1, 0.15) is 11.9 Å². The molecule has 4 aromatic rings. The largest absolute Gasteiger partial charge is 0.484 e. The van der Waals surface area contributed by atoms with Crippen molar-refractivity contribution in [3.8, 4) is 17.1 Å². The van der Waals surface area contributed by atoms with Crippen LogP contribution in [-0.4, -0.2) is 74.5 Å². The Bertz CT molecular complexity index is 1190. The molecule has 10 heteroatoms. The highest BCUT2D eigenvalue weighted by Crippen LogP contribution is 2.27. The summed E-state index contributed by atoms with van der Waals surface area (Å²) in [6.07, 6.45) is 0. The third-order valence-electron chi connectivity index (χ3n) is 5.31. The van der Waals surface area contributed by atoms with Crippen LogP contribution < -0.4 is 4.74 Å². The molecule has 1 fully saturated rings. The topological polar surface area (TPSA) is 113 Å². The van der Waals surface area contributed by atoms with Crippen molar-refractivity contribution in [3.63, 3.8) is 0 Å². The van der Waals surface area contributed by atoms with Crippen LogP contribution in [-0.2, 0) is 4.79 Å². The fraction of sp³-hybridized carbons (Fsp3) is 0.286. The van der Waals surface area contributed by atoms with Crippen LogP contribution in [0.25, 0.3) is 22.4 Å². The minimum atomic E-state index is -0.345. The van der Waals surface area contributed by atoms with Gasteiger partial charge in [0.05, 0.1) is 0 Å². The predicted octanol–water partition coefficient (Wildman–Crippen LogP) is 1.90. The number of likely N-dealkylation sites (N-methyl/N-ethyl adjacent to an activating group) is 1. The molecule has 10 nitrogen and oxygen atoms in total. The van der Waals surface area contributed by atoms with Crippen molar-refractivity contribution in [3.05, 3.63) is 54.4 Å². The Labute approximate surface area is 177 Å². The number of piperazine rings is 1. The zero-order valence-electron chi connectivity index (χ0n) is 16.9. The summed E-state index contributed by atoms with van der Waals surface area (Å²) in [4.78, 5) is 21.4. The van der Waals surface area contributed by atoms with Gasteiger partial charge in [0.15, 0.2) is 6.61 Å². The highest BCUT2D eigenvalue weighted by molar-refractivity contribution is 5.79. The second-order valence-electron chi connectivity index (χ2n) is 7.45. The lowest BCUT2D eigenvalue weighted by Gasteiger charge is -2.37. The van der Waals surface area contributed by atoms with E-state index in [0.717, 1.165) is 23.1 Å². The molecular weight excluding hydrogens is 398 g/mol. The number of hydrogen-bond donors (Lipinski definition) is 1. The van der Waals surface area contributed by atoms with Gasteiger partial charge in [-0.2, -0.15) is 20.4 Å². The van der Waals surface area contributed by atoms with Crippen molar-refractivity contribution in [1.82, 2.24) is 35.4 Å². The molecule has 1 saturated heterocycles. The fourth-order valence-corrected chi connectivity index (χ4v) is 3.64. The van der Waals surface area contributed by atoms with Gasteiger partial charge in [0, 0.05) is 25.2 Å². The Hall–Kier alpha value is -3.79. The standard InChI is InChI=1S/C21H21N7O3/c1-27-9-10-28(19(29)13-30-15-5-3-2-4-6-15)18(12-27)21-22-20(25-31-21)14-7-8-16-17(11-14)24-26-23-16/h2-8,11,18H,9-10,12-13H2,1H3,(H,23,24,26)/t18-/m1/s1. The summed E-state index contributed by atoms with van der Waals surface area (Å²) < 4.78 is 11.2. The summed E-state index contributed by atoms with van der Waals surface area (Å²) in [5.41, 5.74) is 2.25. The highest BCUT2D eigenvalue weighted by Gasteiger charge is 2.34. The Morgan fingerprint density at radius 3 is 2.87 bits per heavy atom. The van der Waals surface area contributed by atoms with Crippen LogP contribution >= 0.6 is 0 Å². The first-order chi connectivity index (χ1) is 15.2. The van der Waals surface area contributed by atoms with Crippen LogP contribution in [0, 0.1) is 0 Å². The molecule has 1 aliphatic rings. The van der Waals surface area contributed by atoms with Crippen LogP contribution in [0.3, 0.4) is 0 Å². The van der Waals surface area contributed by atoms with E-state index in [0.29, 0.717) is 30.6 Å². The molecule has 2 aromatic carbocycles. The van der Waals surface area contributed by atoms with E-state index in [1.54, 1.807) is 4.90 Å². The Morgan fingerprint density at radius 1 is 1.16 bits per heavy atom. The highest BCUT2D eigenvalue weighted by atomic mass is 16.5. The van der Waals surface area contributed by atoms with Crippen molar-refractivity contribution in [2.24, 2.45) is 0 Å². The molecule has 0 bridgehead atoms. The Morgan fingerprint density at radius 2 is 2.00 bits per heavy atom. The van der Waals surface area contributed by atoms with Gasteiger partial charge in [-0.3, -0.25) is 4.79 Å². The lowest BCUT2D eigenvalue weighted by Crippen LogP contribution is -2.50. The van der Waals surface area contributed by atoms with Gasteiger partial charge in [0.1, 0.15) is 22.8 Å².